The summed E-state index contributed by atoms with van der Waals surface area (Å²) in [6, 6.07) is 5.95. The number of methoxy groups -OCH3 is 1. The van der Waals surface area contributed by atoms with Crippen LogP contribution in [-0.4, -0.2) is 7.11 Å². The SMILES string of the molecule is COc1ccc(C(Br)CC2CCCCC2)c(Cl)c1. The van der Waals surface area contributed by atoms with Crippen molar-refractivity contribution in [2.75, 3.05) is 7.11 Å². The van der Waals surface area contributed by atoms with Crippen molar-refractivity contribution >= 4 is 27.5 Å². The quantitative estimate of drug-likeness (QED) is 0.638. The van der Waals surface area contributed by atoms with Crippen LogP contribution in [0.2, 0.25) is 5.02 Å². The van der Waals surface area contributed by atoms with Crippen molar-refractivity contribution in [2.45, 2.75) is 43.4 Å². The number of hydrogen-bond acceptors (Lipinski definition) is 1. The van der Waals surface area contributed by atoms with Crippen molar-refractivity contribution in [3.63, 3.8) is 0 Å². The van der Waals surface area contributed by atoms with Crippen molar-refractivity contribution in [3.8, 4) is 5.75 Å². The van der Waals surface area contributed by atoms with Gasteiger partial charge in [0.2, 0.25) is 0 Å². The minimum Gasteiger partial charge on any atom is -0.497 e. The van der Waals surface area contributed by atoms with Crippen molar-refractivity contribution < 1.29 is 4.74 Å². The van der Waals surface area contributed by atoms with E-state index in [0.29, 0.717) is 4.83 Å². The lowest BCUT2D eigenvalue weighted by Gasteiger charge is -2.24. The molecule has 1 aliphatic rings. The van der Waals surface area contributed by atoms with Gasteiger partial charge in [-0.1, -0.05) is 65.7 Å². The molecule has 0 aromatic heterocycles. The molecule has 0 saturated heterocycles. The Kier molecular flexibility index (Phi) is 5.38. The van der Waals surface area contributed by atoms with E-state index in [9.17, 15) is 0 Å². The molecule has 1 unspecified atom stereocenters. The van der Waals surface area contributed by atoms with Gasteiger partial charge < -0.3 is 4.74 Å². The molecule has 18 heavy (non-hydrogen) atoms. The van der Waals surface area contributed by atoms with E-state index in [0.717, 1.165) is 16.7 Å². The summed E-state index contributed by atoms with van der Waals surface area (Å²) in [4.78, 5) is 0.360. The first kappa shape index (κ1) is 14.2. The second kappa shape index (κ2) is 6.81. The van der Waals surface area contributed by atoms with Crippen molar-refractivity contribution in [1.82, 2.24) is 0 Å². The Morgan fingerprint density at radius 1 is 1.33 bits per heavy atom. The zero-order chi connectivity index (χ0) is 13.0. The Morgan fingerprint density at radius 2 is 2.06 bits per heavy atom. The molecule has 1 saturated carbocycles. The number of halogens is 2. The molecule has 0 bridgehead atoms. The summed E-state index contributed by atoms with van der Waals surface area (Å²) in [5, 5.41) is 0.798. The third-order valence-corrected chi connectivity index (χ3v) is 5.00. The largest absolute Gasteiger partial charge is 0.497 e. The van der Waals surface area contributed by atoms with E-state index >= 15 is 0 Å². The minimum absolute atomic E-state index is 0.360. The fourth-order valence-corrected chi connectivity index (χ4v) is 4.09. The number of hydrogen-bond donors (Lipinski definition) is 0. The smallest absolute Gasteiger partial charge is 0.120 e. The van der Waals surface area contributed by atoms with Crippen molar-refractivity contribution in [1.29, 1.82) is 0 Å². The second-order valence-electron chi connectivity index (χ2n) is 5.09. The minimum atomic E-state index is 0.360. The van der Waals surface area contributed by atoms with Gasteiger partial charge in [-0.15, -0.1) is 0 Å². The van der Waals surface area contributed by atoms with Gasteiger partial charge in [-0.05, 0) is 30.0 Å². The van der Waals surface area contributed by atoms with Crippen LogP contribution >= 0.6 is 27.5 Å². The van der Waals surface area contributed by atoms with E-state index < -0.39 is 0 Å². The molecule has 1 atom stereocenters. The molecule has 0 heterocycles. The number of alkyl halides is 1. The van der Waals surface area contributed by atoms with Gasteiger partial charge in [-0.25, -0.2) is 0 Å². The topological polar surface area (TPSA) is 9.23 Å². The summed E-state index contributed by atoms with van der Waals surface area (Å²) in [6.45, 7) is 0. The molecule has 1 aromatic rings. The van der Waals surface area contributed by atoms with Crippen LogP contribution in [0, 0.1) is 5.92 Å². The lowest BCUT2D eigenvalue weighted by Crippen LogP contribution is -2.08. The molecule has 0 spiro atoms. The van der Waals surface area contributed by atoms with Crippen LogP contribution in [0.15, 0.2) is 18.2 Å². The predicted octanol–water partition coefficient (Wildman–Crippen LogP) is 5.76. The molecule has 3 heteroatoms. The van der Waals surface area contributed by atoms with E-state index in [2.05, 4.69) is 22.0 Å². The third kappa shape index (κ3) is 3.64. The number of benzene rings is 1. The van der Waals surface area contributed by atoms with Gasteiger partial charge in [-0.2, -0.15) is 0 Å². The van der Waals surface area contributed by atoms with E-state index in [1.54, 1.807) is 7.11 Å². The molecule has 1 fully saturated rings. The Labute approximate surface area is 123 Å². The Bertz CT molecular complexity index is 388. The van der Waals surface area contributed by atoms with Crippen LogP contribution in [0.4, 0.5) is 0 Å². The average molecular weight is 332 g/mol. The monoisotopic (exact) mass is 330 g/mol. The maximum atomic E-state index is 6.31. The molecule has 0 N–H and O–H groups in total. The Hall–Kier alpha value is -0.210. The molecule has 0 aliphatic heterocycles. The maximum absolute atomic E-state index is 6.31. The van der Waals surface area contributed by atoms with Gasteiger partial charge >= 0.3 is 0 Å². The van der Waals surface area contributed by atoms with Crippen molar-refractivity contribution in [3.05, 3.63) is 28.8 Å². The van der Waals surface area contributed by atoms with Crippen LogP contribution in [-0.2, 0) is 0 Å². The summed E-state index contributed by atoms with van der Waals surface area (Å²) in [7, 11) is 1.67. The van der Waals surface area contributed by atoms with Gasteiger partial charge in [0.25, 0.3) is 0 Å². The molecule has 2 rings (SSSR count). The molecule has 1 aliphatic carbocycles. The molecular weight excluding hydrogens is 312 g/mol. The van der Waals surface area contributed by atoms with Crippen LogP contribution in [0.5, 0.6) is 5.75 Å². The Balaban J connectivity index is 2.01. The van der Waals surface area contributed by atoms with Gasteiger partial charge in [0.15, 0.2) is 0 Å². The van der Waals surface area contributed by atoms with Crippen LogP contribution in [0.1, 0.15) is 48.9 Å². The van der Waals surface area contributed by atoms with Crippen molar-refractivity contribution in [2.24, 2.45) is 5.92 Å². The highest BCUT2D eigenvalue weighted by atomic mass is 79.9. The predicted molar refractivity (Wildman–Crippen MR) is 80.9 cm³/mol. The summed E-state index contributed by atoms with van der Waals surface area (Å²) >= 11 is 10.1. The molecule has 0 amide bonds. The van der Waals surface area contributed by atoms with Crippen LogP contribution < -0.4 is 4.74 Å². The summed E-state index contributed by atoms with van der Waals surface area (Å²) in [5.41, 5.74) is 1.18. The fraction of sp³-hybridized carbons (Fsp3) is 0.600. The van der Waals surface area contributed by atoms with Crippen LogP contribution in [0.25, 0.3) is 0 Å². The maximum Gasteiger partial charge on any atom is 0.120 e. The van der Waals surface area contributed by atoms with E-state index in [-0.39, 0.29) is 0 Å². The standard InChI is InChI=1S/C15H20BrClO/c1-18-12-7-8-13(15(17)10-12)14(16)9-11-5-3-2-4-6-11/h7-8,10-11,14H,2-6,9H2,1H3. The molecule has 0 radical (unpaired) electrons. The summed E-state index contributed by atoms with van der Waals surface area (Å²) in [6.07, 6.45) is 8.12. The number of ether oxygens (including phenoxy) is 1. The second-order valence-corrected chi connectivity index (χ2v) is 6.61. The number of rotatable bonds is 4. The highest BCUT2D eigenvalue weighted by molar-refractivity contribution is 9.09. The van der Waals surface area contributed by atoms with Gasteiger partial charge in [0.1, 0.15) is 5.75 Å². The molecule has 100 valence electrons. The van der Waals surface area contributed by atoms with Crippen LogP contribution in [0.3, 0.4) is 0 Å². The third-order valence-electron chi connectivity index (χ3n) is 3.81. The lowest BCUT2D eigenvalue weighted by atomic mass is 9.85. The molecule has 1 aromatic carbocycles. The van der Waals surface area contributed by atoms with E-state index in [4.69, 9.17) is 16.3 Å². The summed E-state index contributed by atoms with van der Waals surface area (Å²) < 4.78 is 5.18. The molecule has 1 nitrogen and oxygen atoms in total. The van der Waals surface area contributed by atoms with Gasteiger partial charge in [0, 0.05) is 9.85 Å². The van der Waals surface area contributed by atoms with Gasteiger partial charge in [-0.3, -0.25) is 0 Å². The lowest BCUT2D eigenvalue weighted by molar-refractivity contribution is 0.338. The highest BCUT2D eigenvalue weighted by Crippen LogP contribution is 2.39. The van der Waals surface area contributed by atoms with E-state index in [1.807, 2.05) is 12.1 Å². The molecular formula is C15H20BrClO. The van der Waals surface area contributed by atoms with Gasteiger partial charge in [0.05, 0.1) is 7.11 Å². The average Bonchev–Trinajstić information content (AvgIpc) is 2.39. The highest BCUT2D eigenvalue weighted by Gasteiger charge is 2.20. The zero-order valence-electron chi connectivity index (χ0n) is 10.8. The first-order valence-corrected chi connectivity index (χ1v) is 7.97. The first-order valence-electron chi connectivity index (χ1n) is 6.68. The fourth-order valence-electron chi connectivity index (χ4n) is 2.73. The summed E-state index contributed by atoms with van der Waals surface area (Å²) in [5.74, 6) is 1.67. The Morgan fingerprint density at radius 3 is 2.67 bits per heavy atom. The normalized spacial score (nSPS) is 18.6. The zero-order valence-corrected chi connectivity index (χ0v) is 13.1. The first-order chi connectivity index (χ1) is 8.70. The van der Waals surface area contributed by atoms with E-state index in [1.165, 1.54) is 44.1 Å².